The van der Waals surface area contributed by atoms with Crippen LogP contribution in [0.15, 0.2) is 0 Å². The maximum atomic E-state index is 10.9. The largest absolute Gasteiger partial charge is 0.474 e. The molecule has 0 aliphatic carbocycles. The lowest BCUT2D eigenvalue weighted by Gasteiger charge is -2.12. The van der Waals surface area contributed by atoms with Crippen molar-refractivity contribution in [3.8, 4) is 0 Å². The number of nitrogens with zero attached hydrogens (tertiary/aromatic N) is 1. The summed E-state index contributed by atoms with van der Waals surface area (Å²) in [5.74, 6) is -1.61. The minimum atomic E-state index is -1.34. The molecule has 0 aromatic rings. The van der Waals surface area contributed by atoms with E-state index >= 15 is 0 Å². The van der Waals surface area contributed by atoms with Crippen molar-refractivity contribution in [1.82, 2.24) is 4.90 Å². The first-order valence-corrected chi connectivity index (χ1v) is 4.17. The Morgan fingerprint density at radius 1 is 1.58 bits per heavy atom. The van der Waals surface area contributed by atoms with Crippen LogP contribution in [0.1, 0.15) is 19.8 Å². The number of carboxylic acids is 1. The Morgan fingerprint density at radius 3 is 2.67 bits per heavy atom. The van der Waals surface area contributed by atoms with Crippen LogP contribution in [0, 0.1) is 5.92 Å². The van der Waals surface area contributed by atoms with Crippen LogP contribution < -0.4 is 0 Å². The molecule has 1 rings (SSSR count). The molecule has 1 N–H and O–H groups in total. The Bertz CT molecular complexity index is 202. The summed E-state index contributed by atoms with van der Waals surface area (Å²) in [5, 5.41) is 8.41. The SMILES string of the molecule is CCC1CCN(C(=O)C(=O)O)C1. The van der Waals surface area contributed by atoms with Crippen molar-refractivity contribution in [3.63, 3.8) is 0 Å². The van der Waals surface area contributed by atoms with Gasteiger partial charge in [0, 0.05) is 13.1 Å². The van der Waals surface area contributed by atoms with E-state index in [1.165, 1.54) is 4.90 Å². The smallest absolute Gasteiger partial charge is 0.394 e. The monoisotopic (exact) mass is 171 g/mol. The summed E-state index contributed by atoms with van der Waals surface area (Å²) in [7, 11) is 0. The fourth-order valence-corrected chi connectivity index (χ4v) is 1.49. The van der Waals surface area contributed by atoms with E-state index in [0.717, 1.165) is 12.8 Å². The lowest BCUT2D eigenvalue weighted by molar-refractivity contribution is -0.155. The first kappa shape index (κ1) is 9.03. The summed E-state index contributed by atoms with van der Waals surface area (Å²) in [6.07, 6.45) is 1.96. The molecule has 0 radical (unpaired) electrons. The van der Waals surface area contributed by atoms with Gasteiger partial charge in [-0.15, -0.1) is 0 Å². The van der Waals surface area contributed by atoms with E-state index in [4.69, 9.17) is 5.11 Å². The van der Waals surface area contributed by atoms with Crippen molar-refractivity contribution in [1.29, 1.82) is 0 Å². The number of hydrogen-bond donors (Lipinski definition) is 1. The van der Waals surface area contributed by atoms with Crippen LogP contribution in [0.3, 0.4) is 0 Å². The fourth-order valence-electron chi connectivity index (χ4n) is 1.49. The third-order valence-electron chi connectivity index (χ3n) is 2.33. The van der Waals surface area contributed by atoms with Gasteiger partial charge in [0.15, 0.2) is 0 Å². The molecule has 4 heteroatoms. The normalized spacial score (nSPS) is 22.8. The highest BCUT2D eigenvalue weighted by Gasteiger charge is 2.28. The highest BCUT2D eigenvalue weighted by molar-refractivity contribution is 6.31. The maximum Gasteiger partial charge on any atom is 0.394 e. The number of hydrogen-bond acceptors (Lipinski definition) is 2. The highest BCUT2D eigenvalue weighted by atomic mass is 16.4. The number of carboxylic acid groups (broad SMARTS) is 1. The molecule has 0 bridgehead atoms. The van der Waals surface area contributed by atoms with Gasteiger partial charge in [0.1, 0.15) is 0 Å². The minimum absolute atomic E-state index is 0.494. The molecule has 1 saturated heterocycles. The van der Waals surface area contributed by atoms with Crippen molar-refractivity contribution in [2.24, 2.45) is 5.92 Å². The summed E-state index contributed by atoms with van der Waals surface area (Å²) in [4.78, 5) is 22.6. The van der Waals surface area contributed by atoms with Gasteiger partial charge in [0.25, 0.3) is 0 Å². The first-order valence-electron chi connectivity index (χ1n) is 4.17. The lowest BCUT2D eigenvalue weighted by Crippen LogP contribution is -2.34. The Hall–Kier alpha value is -1.06. The third kappa shape index (κ3) is 1.75. The van der Waals surface area contributed by atoms with Crippen LogP contribution in [0.5, 0.6) is 0 Å². The summed E-state index contributed by atoms with van der Waals surface area (Å²) < 4.78 is 0. The molecule has 0 aromatic carbocycles. The second-order valence-electron chi connectivity index (χ2n) is 3.12. The average Bonchev–Trinajstić information content (AvgIpc) is 2.50. The van der Waals surface area contributed by atoms with E-state index in [1.807, 2.05) is 0 Å². The lowest BCUT2D eigenvalue weighted by atomic mass is 10.1. The van der Waals surface area contributed by atoms with E-state index in [0.29, 0.717) is 19.0 Å². The molecule has 1 fully saturated rings. The predicted octanol–water partition coefficient (Wildman–Crippen LogP) is 0.329. The molecular weight excluding hydrogens is 158 g/mol. The third-order valence-corrected chi connectivity index (χ3v) is 2.33. The second kappa shape index (κ2) is 3.56. The van der Waals surface area contributed by atoms with Crippen molar-refractivity contribution >= 4 is 11.9 Å². The number of carbonyl (C=O) groups is 2. The first-order chi connectivity index (χ1) is 5.65. The van der Waals surface area contributed by atoms with Crippen LogP contribution >= 0.6 is 0 Å². The molecule has 12 heavy (non-hydrogen) atoms. The van der Waals surface area contributed by atoms with Gasteiger partial charge in [-0.05, 0) is 12.3 Å². The Balaban J connectivity index is 2.46. The Labute approximate surface area is 71.2 Å². The van der Waals surface area contributed by atoms with Crippen molar-refractivity contribution in [3.05, 3.63) is 0 Å². The fraction of sp³-hybridized carbons (Fsp3) is 0.750. The van der Waals surface area contributed by atoms with Crippen LogP contribution in [-0.4, -0.2) is 35.0 Å². The molecule has 68 valence electrons. The van der Waals surface area contributed by atoms with Crippen LogP contribution in [-0.2, 0) is 9.59 Å². The van der Waals surface area contributed by atoms with Gasteiger partial charge >= 0.3 is 11.9 Å². The van der Waals surface area contributed by atoms with E-state index in [2.05, 4.69) is 6.92 Å². The van der Waals surface area contributed by atoms with Gasteiger partial charge in [-0.3, -0.25) is 4.79 Å². The second-order valence-corrected chi connectivity index (χ2v) is 3.12. The molecule has 0 spiro atoms. The molecule has 1 amide bonds. The van der Waals surface area contributed by atoms with Gasteiger partial charge in [0.05, 0.1) is 0 Å². The van der Waals surface area contributed by atoms with E-state index in [1.54, 1.807) is 0 Å². The zero-order valence-electron chi connectivity index (χ0n) is 7.12. The van der Waals surface area contributed by atoms with Crippen molar-refractivity contribution < 1.29 is 14.7 Å². The average molecular weight is 171 g/mol. The minimum Gasteiger partial charge on any atom is -0.474 e. The van der Waals surface area contributed by atoms with Gasteiger partial charge in [-0.25, -0.2) is 4.79 Å². The molecule has 0 saturated carbocycles. The number of aliphatic carboxylic acids is 1. The van der Waals surface area contributed by atoms with Crippen molar-refractivity contribution in [2.75, 3.05) is 13.1 Å². The molecule has 0 aromatic heterocycles. The van der Waals surface area contributed by atoms with E-state index < -0.39 is 11.9 Å². The van der Waals surface area contributed by atoms with E-state index in [9.17, 15) is 9.59 Å². The number of carbonyl (C=O) groups excluding carboxylic acids is 1. The van der Waals surface area contributed by atoms with Gasteiger partial charge in [0.2, 0.25) is 0 Å². The molecule has 1 aliphatic rings. The predicted molar refractivity (Wildman–Crippen MR) is 42.6 cm³/mol. The maximum absolute atomic E-state index is 10.9. The summed E-state index contributed by atoms with van der Waals surface area (Å²) in [5.41, 5.74) is 0. The molecule has 1 aliphatic heterocycles. The summed E-state index contributed by atoms with van der Waals surface area (Å²) in [6, 6.07) is 0. The Kier molecular flexibility index (Phi) is 2.68. The van der Waals surface area contributed by atoms with Gasteiger partial charge in [-0.1, -0.05) is 13.3 Å². The molecular formula is C8H13NO3. The molecule has 1 unspecified atom stereocenters. The number of amides is 1. The van der Waals surface area contributed by atoms with Gasteiger partial charge in [-0.2, -0.15) is 0 Å². The van der Waals surface area contributed by atoms with E-state index in [-0.39, 0.29) is 0 Å². The van der Waals surface area contributed by atoms with Crippen LogP contribution in [0.4, 0.5) is 0 Å². The molecule has 1 atom stereocenters. The number of likely N-dealkylation sites (tertiary alicyclic amines) is 1. The topological polar surface area (TPSA) is 57.6 Å². The standard InChI is InChI=1S/C8H13NO3/c1-2-6-3-4-9(5-6)7(10)8(11)12/h6H,2-5H2,1H3,(H,11,12). The molecule has 4 nitrogen and oxygen atoms in total. The zero-order chi connectivity index (χ0) is 9.14. The quantitative estimate of drug-likeness (QED) is 0.578. The van der Waals surface area contributed by atoms with Crippen LogP contribution in [0.25, 0.3) is 0 Å². The van der Waals surface area contributed by atoms with Crippen molar-refractivity contribution in [2.45, 2.75) is 19.8 Å². The highest BCUT2D eigenvalue weighted by Crippen LogP contribution is 2.18. The van der Waals surface area contributed by atoms with Crippen LogP contribution in [0.2, 0.25) is 0 Å². The Morgan fingerprint density at radius 2 is 2.25 bits per heavy atom. The summed E-state index contributed by atoms with van der Waals surface area (Å²) in [6.45, 7) is 3.27. The summed E-state index contributed by atoms with van der Waals surface area (Å²) >= 11 is 0. The molecule has 1 heterocycles. The number of rotatable bonds is 1. The zero-order valence-corrected chi connectivity index (χ0v) is 7.12. The van der Waals surface area contributed by atoms with Gasteiger partial charge < -0.3 is 10.0 Å².